The van der Waals surface area contributed by atoms with Crippen molar-refractivity contribution in [2.24, 2.45) is 31.3 Å². The number of azide groups is 4. The van der Waals surface area contributed by atoms with Crippen molar-refractivity contribution in [3.63, 3.8) is 0 Å². The Labute approximate surface area is 226 Å². The zero-order chi connectivity index (χ0) is 30.0. The maximum atomic E-state index is 11.7. The molecule has 0 saturated heterocycles. The first-order chi connectivity index (χ1) is 19.4. The molecule has 0 aliphatic heterocycles. The summed E-state index contributed by atoms with van der Waals surface area (Å²) in [6, 6.07) is 0. The highest BCUT2D eigenvalue weighted by Crippen LogP contribution is 2.20. The number of rotatable bonds is 23. The van der Waals surface area contributed by atoms with Crippen LogP contribution < -0.4 is 0 Å². The predicted molar refractivity (Wildman–Crippen MR) is 131 cm³/mol. The molecule has 0 spiro atoms. The predicted octanol–water partition coefficient (Wildman–Crippen LogP) is 2.52. The van der Waals surface area contributed by atoms with Gasteiger partial charge in [-0.25, -0.2) is 9.59 Å². The molecule has 0 rings (SSSR count). The van der Waals surface area contributed by atoms with Gasteiger partial charge in [-0.05, 0) is 22.1 Å². The van der Waals surface area contributed by atoms with Crippen LogP contribution in [-0.2, 0) is 28.4 Å². The lowest BCUT2D eigenvalue weighted by Crippen LogP contribution is -2.38. The number of nitrogens with zero attached hydrogens (tertiary/aromatic N) is 12. The molecule has 0 aromatic carbocycles. The molecular weight excluding hydrogens is 544 g/mol. The van der Waals surface area contributed by atoms with E-state index in [1.165, 1.54) is 0 Å². The third kappa shape index (κ3) is 16.5. The minimum absolute atomic E-state index is 0.00216. The van der Waals surface area contributed by atoms with Gasteiger partial charge in [0.1, 0.15) is 26.4 Å². The number of hydrogen-bond acceptors (Lipinski definition) is 14. The van der Waals surface area contributed by atoms with Crippen LogP contribution in [0.5, 0.6) is 0 Å². The van der Waals surface area contributed by atoms with Crippen LogP contribution >= 0.6 is 0 Å². The molecule has 0 heterocycles. The van der Waals surface area contributed by atoms with Crippen LogP contribution in [-0.4, -0.2) is 115 Å². The molecule has 40 heavy (non-hydrogen) atoms. The first kappa shape index (κ1) is 35.6. The lowest BCUT2D eigenvalue weighted by molar-refractivity contribution is -0.0204. The maximum Gasteiger partial charge on any atom is 0.508 e. The van der Waals surface area contributed by atoms with Crippen molar-refractivity contribution in [3.05, 3.63) is 41.8 Å². The number of aliphatic hydroxyl groups excluding tert-OH is 2. The Morgan fingerprint density at radius 2 is 0.850 bits per heavy atom. The Bertz CT molecular complexity index is 843. The minimum Gasteiger partial charge on any atom is -0.434 e. The molecule has 0 saturated carbocycles. The summed E-state index contributed by atoms with van der Waals surface area (Å²) < 4.78 is 29.8. The van der Waals surface area contributed by atoms with Crippen LogP contribution in [0.25, 0.3) is 41.8 Å². The summed E-state index contributed by atoms with van der Waals surface area (Å²) in [7, 11) is 0. The highest BCUT2D eigenvalue weighted by atomic mass is 16.7. The van der Waals surface area contributed by atoms with Crippen LogP contribution in [0.15, 0.2) is 20.5 Å². The molecule has 0 aromatic heterocycles. The first-order valence-corrected chi connectivity index (χ1v) is 11.4. The molecule has 0 amide bonds. The zero-order valence-corrected chi connectivity index (χ0v) is 21.4. The van der Waals surface area contributed by atoms with E-state index in [0.717, 1.165) is 0 Å². The highest BCUT2D eigenvalue weighted by molar-refractivity contribution is 5.60. The number of hydrogen-bond donors (Lipinski definition) is 2. The normalized spacial score (nSPS) is 12.9. The van der Waals surface area contributed by atoms with Crippen LogP contribution in [0, 0.1) is 10.8 Å². The van der Waals surface area contributed by atoms with Crippen molar-refractivity contribution < 1.29 is 48.2 Å². The van der Waals surface area contributed by atoms with Gasteiger partial charge in [-0.1, -0.05) is 20.5 Å². The van der Waals surface area contributed by atoms with Gasteiger partial charge in [0.05, 0.1) is 39.6 Å². The molecule has 0 atom stereocenters. The van der Waals surface area contributed by atoms with E-state index >= 15 is 0 Å². The van der Waals surface area contributed by atoms with E-state index in [2.05, 4.69) is 40.1 Å². The Morgan fingerprint density at radius 1 is 0.550 bits per heavy atom. The summed E-state index contributed by atoms with van der Waals surface area (Å²) in [6.07, 6.45) is -2.15. The van der Waals surface area contributed by atoms with Crippen molar-refractivity contribution in [2.45, 2.75) is 0 Å². The van der Waals surface area contributed by atoms with E-state index in [-0.39, 0.29) is 65.8 Å². The first-order valence-electron chi connectivity index (χ1n) is 11.4. The molecule has 0 fully saturated rings. The second-order valence-corrected chi connectivity index (χ2v) is 7.87. The van der Waals surface area contributed by atoms with Crippen molar-refractivity contribution >= 4 is 12.3 Å². The number of carbonyl (C=O) groups excluding carboxylic acids is 2. The van der Waals surface area contributed by atoms with E-state index in [1.807, 2.05) is 0 Å². The van der Waals surface area contributed by atoms with Crippen molar-refractivity contribution in [1.29, 1.82) is 0 Å². The van der Waals surface area contributed by atoms with E-state index in [9.17, 15) is 19.8 Å². The van der Waals surface area contributed by atoms with Gasteiger partial charge in [-0.2, -0.15) is 0 Å². The Morgan fingerprint density at radius 3 is 1.12 bits per heavy atom. The second-order valence-electron chi connectivity index (χ2n) is 7.87. The molecule has 0 aromatic rings. The summed E-state index contributed by atoms with van der Waals surface area (Å²) in [5, 5.41) is 32.4. The Kier molecular flexibility index (Phi) is 20.1. The van der Waals surface area contributed by atoms with Gasteiger partial charge in [0.25, 0.3) is 0 Å². The zero-order valence-electron chi connectivity index (χ0n) is 21.4. The molecule has 0 bridgehead atoms. The summed E-state index contributed by atoms with van der Waals surface area (Å²) in [4.78, 5) is 33.7. The number of aliphatic hydroxyl groups is 2. The molecule has 0 aliphatic carbocycles. The number of carbonyl (C=O) groups is 2. The quantitative estimate of drug-likeness (QED) is 0.0589. The average molecular weight is 575 g/mol. The third-order valence-electron chi connectivity index (χ3n) is 4.81. The summed E-state index contributed by atoms with van der Waals surface area (Å²) in [5.74, 6) is 0. The molecular formula is C18H30N12O10. The third-order valence-corrected chi connectivity index (χ3v) is 4.81. The van der Waals surface area contributed by atoms with Gasteiger partial charge in [-0.3, -0.25) is 0 Å². The van der Waals surface area contributed by atoms with Gasteiger partial charge in [0.2, 0.25) is 0 Å². The lowest BCUT2D eigenvalue weighted by Gasteiger charge is -2.27. The fourth-order valence-corrected chi connectivity index (χ4v) is 2.50. The summed E-state index contributed by atoms with van der Waals surface area (Å²) in [6.45, 7) is -3.17. The molecule has 0 unspecified atom stereocenters. The van der Waals surface area contributed by atoms with Crippen LogP contribution in [0.4, 0.5) is 9.59 Å². The topological polar surface area (TPSA) is 325 Å². The van der Waals surface area contributed by atoms with Crippen molar-refractivity contribution in [1.82, 2.24) is 0 Å². The monoisotopic (exact) mass is 574 g/mol. The van der Waals surface area contributed by atoms with E-state index < -0.39 is 49.6 Å². The van der Waals surface area contributed by atoms with Crippen LogP contribution in [0.2, 0.25) is 0 Å². The summed E-state index contributed by atoms with van der Waals surface area (Å²) >= 11 is 0. The van der Waals surface area contributed by atoms with E-state index in [1.54, 1.807) is 0 Å². The largest absolute Gasteiger partial charge is 0.508 e. The molecule has 2 N–H and O–H groups in total. The van der Waals surface area contributed by atoms with Gasteiger partial charge in [0.15, 0.2) is 0 Å². The fourth-order valence-electron chi connectivity index (χ4n) is 2.50. The molecule has 0 radical (unpaired) electrons. The van der Waals surface area contributed by atoms with Crippen molar-refractivity contribution in [3.8, 4) is 0 Å². The molecule has 0 aliphatic rings. The van der Waals surface area contributed by atoms with E-state index in [0.29, 0.717) is 0 Å². The van der Waals surface area contributed by atoms with E-state index in [4.69, 9.17) is 50.5 Å². The standard InChI is InChI=1S/C18H30N12O10/c19-27-23-7-17(11-31,8-24-28-20)13-39-15(33)37-5-3-35-1-2-36-4-6-38-16(34)40-14-18(12-32,9-25-29-21)10-26-30-22/h31-32H,1-14H2. The fraction of sp³-hybridized carbons (Fsp3) is 0.889. The highest BCUT2D eigenvalue weighted by Gasteiger charge is 2.31. The number of ether oxygens (including phenoxy) is 6. The smallest absolute Gasteiger partial charge is 0.434 e. The Balaban J connectivity index is 4.06. The van der Waals surface area contributed by atoms with Gasteiger partial charge in [0, 0.05) is 56.7 Å². The molecule has 22 heteroatoms. The SMILES string of the molecule is [N-]=[N+]=NCC(CO)(CN=[N+]=[N-])COC(=O)OCCOCCOCCOC(=O)OCC(CO)(CN=[N+]=[N-])CN=[N+]=[N-]. The molecule has 22 nitrogen and oxygen atoms in total. The summed E-state index contributed by atoms with van der Waals surface area (Å²) in [5.41, 5.74) is 31.3. The van der Waals surface area contributed by atoms with Gasteiger partial charge in [-0.15, -0.1) is 0 Å². The van der Waals surface area contributed by atoms with Crippen LogP contribution in [0.3, 0.4) is 0 Å². The van der Waals surface area contributed by atoms with Crippen molar-refractivity contribution in [2.75, 3.05) is 92.2 Å². The second kappa shape index (κ2) is 22.6. The Hall–Kier alpha value is -4.38. The molecule has 222 valence electrons. The van der Waals surface area contributed by atoms with Gasteiger partial charge < -0.3 is 38.6 Å². The average Bonchev–Trinajstić information content (AvgIpc) is 2.97. The minimum atomic E-state index is -1.28. The van der Waals surface area contributed by atoms with Crippen LogP contribution in [0.1, 0.15) is 0 Å². The maximum absolute atomic E-state index is 11.7. The lowest BCUT2D eigenvalue weighted by atomic mass is 9.90. The van der Waals surface area contributed by atoms with Gasteiger partial charge >= 0.3 is 12.3 Å².